The number of hydrogen-bond acceptors (Lipinski definition) is 4. The molecule has 0 spiro atoms. The van der Waals surface area contributed by atoms with E-state index in [9.17, 15) is 9.13 Å². The van der Waals surface area contributed by atoms with Crippen molar-refractivity contribution < 1.29 is 9.13 Å². The van der Waals surface area contributed by atoms with Gasteiger partial charge in [0, 0.05) is 24.6 Å². The molecule has 0 heterocycles. The van der Waals surface area contributed by atoms with E-state index in [-0.39, 0.29) is 0 Å². The van der Waals surface area contributed by atoms with E-state index in [1.54, 1.807) is 0 Å². The van der Waals surface area contributed by atoms with E-state index in [4.69, 9.17) is 5.73 Å². The molecular weight excluding hydrogens is 674 g/mol. The van der Waals surface area contributed by atoms with Crippen LogP contribution >= 0.6 is 14.3 Å². The van der Waals surface area contributed by atoms with Crippen LogP contribution in [0.2, 0.25) is 0 Å². The quantitative estimate of drug-likeness (QED) is 0.0495. The molecule has 0 aromatic carbocycles. The van der Waals surface area contributed by atoms with Gasteiger partial charge in [0.1, 0.15) is 14.3 Å². The molecule has 314 valence electrons. The molecule has 0 rings (SSSR count). The first-order valence-corrected chi connectivity index (χ1v) is 28.5. The monoisotopic (exact) mass is 773 g/mol. The van der Waals surface area contributed by atoms with Crippen LogP contribution in [0.25, 0.3) is 0 Å². The Kier molecular flexibility index (Phi) is 39.9. The average molecular weight is 773 g/mol. The molecule has 6 heteroatoms. The second kappa shape index (κ2) is 39.6. The molecule has 0 amide bonds. The Morgan fingerprint density at radius 3 is 0.788 bits per heavy atom. The normalized spacial score (nSPS) is 12.4. The molecule has 0 fully saturated rings. The smallest absolute Gasteiger partial charge is 0.101 e. The second-order valence-electron chi connectivity index (χ2n) is 17.1. The molecule has 0 aliphatic rings. The highest BCUT2D eigenvalue weighted by molar-refractivity contribution is 7.64. The van der Waals surface area contributed by atoms with Crippen molar-refractivity contribution in [2.45, 2.75) is 246 Å². The van der Waals surface area contributed by atoms with Crippen LogP contribution in [0.1, 0.15) is 246 Å². The Hall–Kier alpha value is 0.380. The van der Waals surface area contributed by atoms with Gasteiger partial charge in [0.2, 0.25) is 0 Å². The van der Waals surface area contributed by atoms with Crippen molar-refractivity contribution in [1.82, 2.24) is 4.90 Å². The summed E-state index contributed by atoms with van der Waals surface area (Å²) >= 11 is 0. The van der Waals surface area contributed by atoms with Crippen LogP contribution in [0.4, 0.5) is 0 Å². The van der Waals surface area contributed by atoms with Crippen molar-refractivity contribution in [2.75, 3.05) is 50.3 Å². The van der Waals surface area contributed by atoms with E-state index in [2.05, 4.69) is 32.6 Å². The van der Waals surface area contributed by atoms with Crippen LogP contribution in [-0.4, -0.2) is 55.2 Å². The van der Waals surface area contributed by atoms with E-state index in [1.165, 1.54) is 180 Å². The van der Waals surface area contributed by atoms with E-state index in [0.717, 1.165) is 69.7 Å². The number of unbranched alkanes of at least 4 members (excludes halogenated alkanes) is 29. The highest BCUT2D eigenvalue weighted by atomic mass is 31.2. The number of nitrogens with zero attached hydrogens (tertiary/aromatic N) is 1. The number of hydrogen-bond donors (Lipinski definition) is 1. The number of nitrogens with two attached hydrogens (primary N) is 1. The third-order valence-electron chi connectivity index (χ3n) is 11.5. The lowest BCUT2D eigenvalue weighted by atomic mass is 10.1. The third-order valence-corrected chi connectivity index (χ3v) is 17.9. The van der Waals surface area contributed by atoms with Gasteiger partial charge in [0.05, 0.1) is 12.6 Å². The summed E-state index contributed by atoms with van der Waals surface area (Å²) < 4.78 is 29.9. The minimum atomic E-state index is -2.37. The molecule has 0 radical (unpaired) electrons. The van der Waals surface area contributed by atoms with E-state index in [1.807, 2.05) is 0 Å². The predicted octanol–water partition coefficient (Wildman–Crippen LogP) is 16.2. The zero-order valence-electron chi connectivity index (χ0n) is 36.4. The molecule has 0 atom stereocenters. The molecule has 0 saturated heterocycles. The second-order valence-corrected chi connectivity index (χ2v) is 23.7. The fraction of sp³-hybridized carbons (Fsp3) is 1.00. The maximum absolute atomic E-state index is 14.9. The van der Waals surface area contributed by atoms with Gasteiger partial charge in [-0.3, -0.25) is 4.90 Å². The van der Waals surface area contributed by atoms with Crippen molar-refractivity contribution in [2.24, 2.45) is 5.73 Å². The fourth-order valence-corrected chi connectivity index (χ4v) is 14.3. The van der Waals surface area contributed by atoms with Crippen LogP contribution in [0.15, 0.2) is 0 Å². The molecule has 52 heavy (non-hydrogen) atoms. The molecule has 4 nitrogen and oxygen atoms in total. The average Bonchev–Trinajstić information content (AvgIpc) is 3.13. The van der Waals surface area contributed by atoms with Crippen LogP contribution in [-0.2, 0) is 9.13 Å². The van der Waals surface area contributed by atoms with Crippen molar-refractivity contribution in [1.29, 1.82) is 0 Å². The molecule has 2 N–H and O–H groups in total. The highest BCUT2D eigenvalue weighted by Gasteiger charge is 2.30. The van der Waals surface area contributed by atoms with Gasteiger partial charge in [0.15, 0.2) is 0 Å². The Morgan fingerprint density at radius 2 is 0.558 bits per heavy atom. The first-order chi connectivity index (χ1) is 25.4. The Morgan fingerprint density at radius 1 is 0.327 bits per heavy atom. The highest BCUT2D eigenvalue weighted by Crippen LogP contribution is 2.53. The SMILES string of the molecule is CCCCCCCCCCP(=O)(CCCCCCCCCC)CN(CCCCN)CP(=O)(CCCCCCCCCC)CCCCCCCCCC. The Bertz CT molecular complexity index is 699. The Balaban J connectivity index is 5.57. The number of rotatable bonds is 44. The lowest BCUT2D eigenvalue weighted by Gasteiger charge is -2.32. The van der Waals surface area contributed by atoms with Gasteiger partial charge in [0.25, 0.3) is 0 Å². The van der Waals surface area contributed by atoms with Crippen molar-refractivity contribution in [3.63, 3.8) is 0 Å². The third kappa shape index (κ3) is 34.8. The first-order valence-electron chi connectivity index (χ1n) is 23.9. The van der Waals surface area contributed by atoms with Gasteiger partial charge in [-0.2, -0.15) is 0 Å². The lowest BCUT2D eigenvalue weighted by molar-refractivity contribution is 0.345. The summed E-state index contributed by atoms with van der Waals surface area (Å²) in [5, 5.41) is 0. The standard InChI is InChI=1S/C46H98N2O2P2/c1-5-9-13-17-21-25-29-35-41-51(49,42-36-30-26-22-18-14-10-6-2)45-48(40-34-33-39-47)46-52(50,43-37-31-27-23-19-15-11-7-3)44-38-32-28-24-20-16-12-8-4/h5-47H2,1-4H3. The Labute approximate surface area is 329 Å². The summed E-state index contributed by atoms with van der Waals surface area (Å²) in [6.45, 7) is 10.8. The summed E-state index contributed by atoms with van der Waals surface area (Å²) in [5.41, 5.74) is 5.97. The van der Waals surface area contributed by atoms with Crippen LogP contribution in [0, 0.1) is 0 Å². The van der Waals surface area contributed by atoms with Crippen LogP contribution < -0.4 is 5.73 Å². The summed E-state index contributed by atoms with van der Waals surface area (Å²) in [4.78, 5) is 2.47. The van der Waals surface area contributed by atoms with E-state index in [0.29, 0.717) is 19.1 Å². The van der Waals surface area contributed by atoms with Crippen LogP contribution in [0.5, 0.6) is 0 Å². The van der Waals surface area contributed by atoms with Gasteiger partial charge in [-0.05, 0) is 51.6 Å². The maximum Gasteiger partial charge on any atom is 0.101 e. The summed E-state index contributed by atoms with van der Waals surface area (Å²) in [6.07, 6.45) is 48.2. The van der Waals surface area contributed by atoms with Crippen LogP contribution in [0.3, 0.4) is 0 Å². The van der Waals surface area contributed by atoms with Gasteiger partial charge in [-0.25, -0.2) is 0 Å². The van der Waals surface area contributed by atoms with Gasteiger partial charge < -0.3 is 14.9 Å². The van der Waals surface area contributed by atoms with Crippen molar-refractivity contribution in [3.8, 4) is 0 Å². The molecule has 0 aromatic heterocycles. The van der Waals surface area contributed by atoms with Gasteiger partial charge in [-0.1, -0.05) is 207 Å². The summed E-state index contributed by atoms with van der Waals surface area (Å²) in [6, 6.07) is 0. The van der Waals surface area contributed by atoms with E-state index < -0.39 is 14.3 Å². The van der Waals surface area contributed by atoms with Gasteiger partial charge >= 0.3 is 0 Å². The molecule has 0 aliphatic carbocycles. The molecule has 0 bridgehead atoms. The maximum atomic E-state index is 14.9. The minimum absolute atomic E-state index is 0.698. The first kappa shape index (κ1) is 52.4. The summed E-state index contributed by atoms with van der Waals surface area (Å²) in [5.74, 6) is 0. The topological polar surface area (TPSA) is 63.4 Å². The molecule has 0 aliphatic heterocycles. The molecular formula is C46H98N2O2P2. The zero-order chi connectivity index (χ0) is 38.3. The minimum Gasteiger partial charge on any atom is -0.330 e. The van der Waals surface area contributed by atoms with Crippen molar-refractivity contribution >= 4 is 14.3 Å². The molecule has 0 unspecified atom stereocenters. The van der Waals surface area contributed by atoms with E-state index >= 15 is 0 Å². The van der Waals surface area contributed by atoms with Crippen molar-refractivity contribution in [3.05, 3.63) is 0 Å². The lowest BCUT2D eigenvalue weighted by Crippen LogP contribution is -2.30. The predicted molar refractivity (Wildman–Crippen MR) is 240 cm³/mol. The zero-order valence-corrected chi connectivity index (χ0v) is 38.2. The van der Waals surface area contributed by atoms with Gasteiger partial charge in [-0.15, -0.1) is 0 Å². The molecule has 0 saturated carbocycles. The largest absolute Gasteiger partial charge is 0.330 e. The fourth-order valence-electron chi connectivity index (χ4n) is 8.04. The summed E-state index contributed by atoms with van der Waals surface area (Å²) in [7, 11) is -4.74. The molecule has 0 aromatic rings.